The van der Waals surface area contributed by atoms with Crippen molar-refractivity contribution >= 4 is 72.3 Å². The molecule has 6 nitrogen and oxygen atoms in total. The summed E-state index contributed by atoms with van der Waals surface area (Å²) in [5, 5.41) is 2.46. The van der Waals surface area contributed by atoms with Gasteiger partial charge in [0.05, 0.1) is 23.9 Å². The molecule has 22 heavy (non-hydrogen) atoms. The summed E-state index contributed by atoms with van der Waals surface area (Å²) in [5.74, 6) is -1.29. The minimum Gasteiger partial charge on any atom is -0.342 e. The van der Waals surface area contributed by atoms with E-state index in [0.717, 1.165) is 7.57 Å². The topological polar surface area (TPSA) is 87.3 Å². The van der Waals surface area contributed by atoms with Crippen molar-refractivity contribution in [1.82, 2.24) is 16.2 Å². The first kappa shape index (κ1) is 17.1. The number of amides is 3. The normalized spacial score (nSPS) is 10.1. The lowest BCUT2D eigenvalue weighted by Gasteiger charge is -2.07. The Labute approximate surface area is 150 Å². The van der Waals surface area contributed by atoms with Crippen LogP contribution in [0.3, 0.4) is 0 Å². The largest absolute Gasteiger partial charge is 0.342 e. The van der Waals surface area contributed by atoms with Gasteiger partial charge in [0.1, 0.15) is 0 Å². The monoisotopic (exact) mass is 465 g/mol. The molecule has 10 heteroatoms. The van der Waals surface area contributed by atoms with E-state index in [0.29, 0.717) is 9.75 Å². The molecule has 0 aromatic carbocycles. The van der Waals surface area contributed by atoms with Gasteiger partial charge < -0.3 is 5.32 Å². The summed E-state index contributed by atoms with van der Waals surface area (Å²) in [4.78, 5) is 36.0. The van der Waals surface area contributed by atoms with Gasteiger partial charge in [-0.2, -0.15) is 0 Å². The fourth-order valence-corrected chi connectivity index (χ4v) is 3.94. The van der Waals surface area contributed by atoms with E-state index < -0.39 is 11.8 Å². The molecule has 0 atom stereocenters. The van der Waals surface area contributed by atoms with E-state index in [2.05, 4.69) is 48.0 Å². The molecule has 0 aliphatic carbocycles. The van der Waals surface area contributed by atoms with Crippen molar-refractivity contribution in [2.75, 3.05) is 6.54 Å². The Morgan fingerprint density at radius 3 is 1.91 bits per heavy atom. The summed E-state index contributed by atoms with van der Waals surface area (Å²) >= 11 is 9.01. The van der Waals surface area contributed by atoms with Gasteiger partial charge in [-0.1, -0.05) is 0 Å². The Hall–Kier alpha value is -1.23. The third-order valence-corrected chi connectivity index (χ3v) is 5.56. The molecule has 0 saturated heterocycles. The summed E-state index contributed by atoms with van der Waals surface area (Å²) in [5.41, 5.74) is 4.51. The van der Waals surface area contributed by atoms with Crippen LogP contribution in [0.25, 0.3) is 0 Å². The van der Waals surface area contributed by atoms with Crippen molar-refractivity contribution in [3.05, 3.63) is 41.6 Å². The Morgan fingerprint density at radius 1 is 0.864 bits per heavy atom. The standard InChI is InChI=1S/C12H9Br2N3O3S2/c13-8-3-1-6(21-8)11(19)15-5-10(18)16-17-12(20)7-2-4-9(14)22-7/h1-4H,5H2,(H,15,19)(H,16,18)(H,17,20). The SMILES string of the molecule is O=C(CNC(=O)c1ccc(Br)s1)NNC(=O)c1ccc(Br)s1. The lowest BCUT2D eigenvalue weighted by molar-refractivity contribution is -0.120. The van der Waals surface area contributed by atoms with Crippen LogP contribution in [0.5, 0.6) is 0 Å². The number of rotatable bonds is 4. The van der Waals surface area contributed by atoms with Gasteiger partial charge in [-0.25, -0.2) is 0 Å². The number of hydrogen-bond acceptors (Lipinski definition) is 5. The Bertz CT molecular complexity index is 656. The van der Waals surface area contributed by atoms with E-state index in [-0.39, 0.29) is 12.5 Å². The van der Waals surface area contributed by atoms with Gasteiger partial charge in [0.15, 0.2) is 0 Å². The summed E-state index contributed by atoms with van der Waals surface area (Å²) in [7, 11) is 0. The Balaban J connectivity index is 1.74. The predicted octanol–water partition coefficient (Wildman–Crippen LogP) is 2.53. The number of halogens is 2. The molecule has 2 heterocycles. The van der Waals surface area contributed by atoms with Gasteiger partial charge >= 0.3 is 0 Å². The van der Waals surface area contributed by atoms with Crippen molar-refractivity contribution in [2.45, 2.75) is 0 Å². The first-order chi connectivity index (χ1) is 10.5. The highest BCUT2D eigenvalue weighted by atomic mass is 79.9. The molecular formula is C12H9Br2N3O3S2. The molecule has 116 valence electrons. The van der Waals surface area contributed by atoms with E-state index in [4.69, 9.17) is 0 Å². The number of thiophene rings is 2. The summed E-state index contributed by atoms with van der Waals surface area (Å²) in [6.07, 6.45) is 0. The molecule has 2 aromatic rings. The highest BCUT2D eigenvalue weighted by molar-refractivity contribution is 9.11. The van der Waals surface area contributed by atoms with Gasteiger partial charge in [-0.15, -0.1) is 22.7 Å². The van der Waals surface area contributed by atoms with E-state index >= 15 is 0 Å². The number of hydrogen-bond donors (Lipinski definition) is 3. The van der Waals surface area contributed by atoms with Gasteiger partial charge in [-0.3, -0.25) is 25.2 Å². The molecule has 3 N–H and O–H groups in total. The summed E-state index contributed by atoms with van der Waals surface area (Å²) in [6, 6.07) is 6.77. The maximum Gasteiger partial charge on any atom is 0.279 e. The van der Waals surface area contributed by atoms with E-state index in [9.17, 15) is 14.4 Å². The first-order valence-electron chi connectivity index (χ1n) is 5.84. The molecule has 0 aliphatic rings. The molecular weight excluding hydrogens is 458 g/mol. The molecule has 0 saturated carbocycles. The second kappa shape index (κ2) is 7.86. The zero-order valence-electron chi connectivity index (χ0n) is 10.8. The van der Waals surface area contributed by atoms with E-state index in [1.165, 1.54) is 22.7 Å². The second-order valence-electron chi connectivity index (χ2n) is 3.89. The summed E-state index contributed by atoms with van der Waals surface area (Å²) in [6.45, 7) is -0.233. The number of carbonyl (C=O) groups is 3. The van der Waals surface area contributed by atoms with Crippen LogP contribution in [-0.2, 0) is 4.79 Å². The maximum atomic E-state index is 11.7. The Morgan fingerprint density at radius 2 is 1.41 bits per heavy atom. The Kier molecular flexibility index (Phi) is 6.12. The van der Waals surface area contributed by atoms with Crippen molar-refractivity contribution in [2.24, 2.45) is 0 Å². The molecule has 0 bridgehead atoms. The van der Waals surface area contributed by atoms with Crippen LogP contribution in [0.2, 0.25) is 0 Å². The highest BCUT2D eigenvalue weighted by Crippen LogP contribution is 2.22. The van der Waals surface area contributed by atoms with Crippen LogP contribution < -0.4 is 16.2 Å². The zero-order chi connectivity index (χ0) is 16.1. The van der Waals surface area contributed by atoms with E-state index in [1.54, 1.807) is 24.3 Å². The summed E-state index contributed by atoms with van der Waals surface area (Å²) < 4.78 is 1.65. The van der Waals surface area contributed by atoms with E-state index in [1.807, 2.05) is 0 Å². The second-order valence-corrected chi connectivity index (χ2v) is 8.82. The van der Waals surface area contributed by atoms with Crippen molar-refractivity contribution in [1.29, 1.82) is 0 Å². The predicted molar refractivity (Wildman–Crippen MR) is 92.0 cm³/mol. The minimum absolute atomic E-state index is 0.233. The average Bonchev–Trinajstić information content (AvgIpc) is 3.10. The van der Waals surface area contributed by atoms with Crippen LogP contribution in [0.15, 0.2) is 31.8 Å². The van der Waals surface area contributed by atoms with Gasteiger partial charge in [0, 0.05) is 0 Å². The van der Waals surface area contributed by atoms with Crippen LogP contribution in [-0.4, -0.2) is 24.3 Å². The van der Waals surface area contributed by atoms with Crippen LogP contribution >= 0.6 is 54.5 Å². The van der Waals surface area contributed by atoms with Gasteiger partial charge in [0.2, 0.25) is 0 Å². The first-order valence-corrected chi connectivity index (χ1v) is 9.05. The van der Waals surface area contributed by atoms with Crippen LogP contribution in [0.4, 0.5) is 0 Å². The molecule has 3 amide bonds. The molecule has 2 aromatic heterocycles. The minimum atomic E-state index is -0.520. The lowest BCUT2D eigenvalue weighted by Crippen LogP contribution is -2.46. The lowest BCUT2D eigenvalue weighted by atomic mass is 10.4. The van der Waals surface area contributed by atoms with Gasteiger partial charge in [0.25, 0.3) is 17.7 Å². The maximum absolute atomic E-state index is 11.7. The molecule has 0 aliphatic heterocycles. The molecule has 0 unspecified atom stereocenters. The molecule has 0 fully saturated rings. The molecule has 0 radical (unpaired) electrons. The van der Waals surface area contributed by atoms with Crippen LogP contribution in [0, 0.1) is 0 Å². The van der Waals surface area contributed by atoms with Gasteiger partial charge in [-0.05, 0) is 56.1 Å². The molecule has 0 spiro atoms. The van der Waals surface area contributed by atoms with Crippen molar-refractivity contribution < 1.29 is 14.4 Å². The quantitative estimate of drug-likeness (QED) is 0.605. The zero-order valence-corrected chi connectivity index (χ0v) is 15.6. The fraction of sp³-hybridized carbons (Fsp3) is 0.0833. The number of nitrogens with one attached hydrogen (secondary N) is 3. The number of hydrazine groups is 1. The third-order valence-electron chi connectivity index (χ3n) is 2.32. The van der Waals surface area contributed by atoms with Crippen molar-refractivity contribution in [3.8, 4) is 0 Å². The third kappa shape index (κ3) is 4.90. The highest BCUT2D eigenvalue weighted by Gasteiger charge is 2.12. The molecule has 2 rings (SSSR count). The fourth-order valence-electron chi connectivity index (χ4n) is 1.35. The van der Waals surface area contributed by atoms with Crippen LogP contribution in [0.1, 0.15) is 19.3 Å². The smallest absolute Gasteiger partial charge is 0.279 e. The number of carbonyl (C=O) groups excluding carboxylic acids is 3. The average molecular weight is 467 g/mol. The van der Waals surface area contributed by atoms with Crippen molar-refractivity contribution in [3.63, 3.8) is 0 Å².